The number of anilines is 2. The Hall–Kier alpha value is -6.93. The summed E-state index contributed by atoms with van der Waals surface area (Å²) in [5.41, 5.74) is 10.0. The van der Waals surface area contributed by atoms with Gasteiger partial charge in [-0.2, -0.15) is 5.26 Å². The van der Waals surface area contributed by atoms with E-state index >= 15 is 4.79 Å². The maximum Gasteiger partial charge on any atom is 0.264 e. The first kappa shape index (κ1) is 38.9. The van der Waals surface area contributed by atoms with Crippen molar-refractivity contribution < 1.29 is 23.9 Å². The minimum Gasteiger partial charge on any atom is -0.508 e. The lowest BCUT2D eigenvalue weighted by Gasteiger charge is -2.36. The van der Waals surface area contributed by atoms with Crippen molar-refractivity contribution in [3.05, 3.63) is 159 Å². The molecule has 6 aromatic rings. The molecule has 2 aliphatic heterocycles. The van der Waals surface area contributed by atoms with E-state index in [9.17, 15) is 24.3 Å². The van der Waals surface area contributed by atoms with E-state index in [1.807, 2.05) is 60.7 Å². The molecule has 0 radical (unpaired) electrons. The predicted octanol–water partition coefficient (Wildman–Crippen LogP) is 8.06. The van der Waals surface area contributed by atoms with Gasteiger partial charge in [0, 0.05) is 73.7 Å². The zero-order valence-electron chi connectivity index (χ0n) is 33.8. The molecular weight excluding hydrogens is 744 g/mol. The highest BCUT2D eigenvalue weighted by Gasteiger charge is 2.33. The number of nitrogens with zero attached hydrogens (tertiary/aromatic N) is 6. The van der Waals surface area contributed by atoms with Crippen molar-refractivity contribution >= 4 is 29.1 Å². The SMILES string of the molecule is Cc1c(N(C(=O)c2cc(-c3cc4c(cc3C(=O)N3Cc5ccccc5C[C@H]3C)CN(C(=O)Cc3ccc(F)cc3)CC4)n(C)c2C)c2ccc(O)cc2)cc(C#N)n1C. The van der Waals surface area contributed by atoms with Crippen LogP contribution in [0.4, 0.5) is 15.8 Å². The summed E-state index contributed by atoms with van der Waals surface area (Å²) in [7, 11) is 3.66. The Morgan fingerprint density at radius 2 is 1.54 bits per heavy atom. The number of hydrogen-bond acceptors (Lipinski definition) is 5. The number of fused-ring (bicyclic) bond motifs is 2. The van der Waals surface area contributed by atoms with Gasteiger partial charge in [-0.05, 0) is 122 Å². The van der Waals surface area contributed by atoms with E-state index in [1.165, 1.54) is 29.8 Å². The lowest BCUT2D eigenvalue weighted by Crippen LogP contribution is -2.43. The fraction of sp³-hybridized carbons (Fsp3) is 0.250. The summed E-state index contributed by atoms with van der Waals surface area (Å²) in [5, 5.41) is 20.0. The fourth-order valence-corrected chi connectivity index (χ4v) is 8.48. The molecule has 0 saturated heterocycles. The van der Waals surface area contributed by atoms with Gasteiger partial charge in [0.05, 0.1) is 17.7 Å². The highest BCUT2D eigenvalue weighted by molar-refractivity contribution is 6.13. The molecule has 3 amide bonds. The predicted molar refractivity (Wildman–Crippen MR) is 224 cm³/mol. The van der Waals surface area contributed by atoms with Gasteiger partial charge in [0.15, 0.2) is 0 Å². The molecule has 10 nitrogen and oxygen atoms in total. The van der Waals surface area contributed by atoms with Crippen molar-refractivity contribution in [1.29, 1.82) is 5.26 Å². The molecule has 0 fully saturated rings. The van der Waals surface area contributed by atoms with E-state index in [0.717, 1.165) is 28.7 Å². The molecule has 59 heavy (non-hydrogen) atoms. The maximum absolute atomic E-state index is 15.0. The maximum atomic E-state index is 15.0. The molecule has 4 heterocycles. The molecular formula is C48H45FN6O4. The second kappa shape index (κ2) is 15.4. The average molecular weight is 789 g/mol. The van der Waals surface area contributed by atoms with Crippen LogP contribution in [0.1, 0.15) is 72.5 Å². The smallest absolute Gasteiger partial charge is 0.264 e. The second-order valence-electron chi connectivity index (χ2n) is 15.7. The van der Waals surface area contributed by atoms with E-state index in [4.69, 9.17) is 0 Å². The van der Waals surface area contributed by atoms with Crippen LogP contribution in [-0.4, -0.2) is 54.3 Å². The van der Waals surface area contributed by atoms with Gasteiger partial charge < -0.3 is 24.0 Å². The molecule has 0 aliphatic carbocycles. The van der Waals surface area contributed by atoms with E-state index in [0.29, 0.717) is 76.9 Å². The van der Waals surface area contributed by atoms with Crippen molar-refractivity contribution in [3.63, 3.8) is 0 Å². The molecule has 0 unspecified atom stereocenters. The van der Waals surface area contributed by atoms with E-state index in [2.05, 4.69) is 25.1 Å². The third-order valence-corrected chi connectivity index (χ3v) is 12.2. The van der Waals surface area contributed by atoms with Gasteiger partial charge in [-0.25, -0.2) is 4.39 Å². The third kappa shape index (κ3) is 7.16. The van der Waals surface area contributed by atoms with Gasteiger partial charge in [-0.15, -0.1) is 0 Å². The number of amides is 3. The van der Waals surface area contributed by atoms with Gasteiger partial charge in [0.2, 0.25) is 5.91 Å². The monoisotopic (exact) mass is 788 g/mol. The normalized spacial score (nSPS) is 14.7. The first-order valence-corrected chi connectivity index (χ1v) is 19.7. The Morgan fingerprint density at radius 1 is 0.831 bits per heavy atom. The molecule has 0 saturated carbocycles. The Morgan fingerprint density at radius 3 is 2.24 bits per heavy atom. The Kier molecular flexibility index (Phi) is 10.2. The zero-order chi connectivity index (χ0) is 41.7. The highest BCUT2D eigenvalue weighted by Crippen LogP contribution is 2.38. The van der Waals surface area contributed by atoms with Crippen LogP contribution in [-0.2, 0) is 51.2 Å². The molecule has 298 valence electrons. The van der Waals surface area contributed by atoms with Gasteiger partial charge in [0.25, 0.3) is 11.8 Å². The molecule has 2 aromatic heterocycles. The number of phenolic OH excluding ortho intramolecular Hbond substituents is 1. The Labute approximate surface area is 342 Å². The van der Waals surface area contributed by atoms with E-state index in [-0.39, 0.29) is 41.8 Å². The number of aromatic hydroxyl groups is 1. The van der Waals surface area contributed by atoms with Crippen molar-refractivity contribution in [1.82, 2.24) is 18.9 Å². The van der Waals surface area contributed by atoms with E-state index in [1.54, 1.807) is 51.7 Å². The van der Waals surface area contributed by atoms with Crippen LogP contribution in [0.2, 0.25) is 0 Å². The number of hydrogen-bond donors (Lipinski definition) is 1. The van der Waals surface area contributed by atoms with Crippen LogP contribution in [0, 0.1) is 31.0 Å². The highest BCUT2D eigenvalue weighted by atomic mass is 19.1. The number of halogens is 1. The van der Waals surface area contributed by atoms with Crippen molar-refractivity contribution in [2.45, 2.75) is 59.2 Å². The number of benzene rings is 4. The molecule has 11 heteroatoms. The van der Waals surface area contributed by atoms with Crippen LogP contribution >= 0.6 is 0 Å². The number of rotatable bonds is 7. The van der Waals surface area contributed by atoms with Crippen LogP contribution in [0.3, 0.4) is 0 Å². The number of phenols is 1. The molecule has 8 rings (SSSR count). The number of carbonyl (C=O) groups excluding carboxylic acids is 3. The molecule has 0 spiro atoms. The summed E-state index contributed by atoms with van der Waals surface area (Å²) in [6, 6.07) is 30.2. The van der Waals surface area contributed by atoms with Crippen molar-refractivity contribution in [2.75, 3.05) is 11.4 Å². The quantitative estimate of drug-likeness (QED) is 0.176. The number of carbonyl (C=O) groups is 3. The molecule has 1 atom stereocenters. The van der Waals surface area contributed by atoms with E-state index < -0.39 is 0 Å². The number of nitriles is 1. The Bertz CT molecular complexity index is 2690. The van der Waals surface area contributed by atoms with Crippen LogP contribution in [0.15, 0.2) is 97.1 Å². The van der Waals surface area contributed by atoms with Crippen LogP contribution < -0.4 is 4.90 Å². The molecule has 2 aliphatic rings. The largest absolute Gasteiger partial charge is 0.508 e. The summed E-state index contributed by atoms with van der Waals surface area (Å²) in [6.07, 6.45) is 1.43. The summed E-state index contributed by atoms with van der Waals surface area (Å²) in [6.45, 7) is 7.05. The van der Waals surface area contributed by atoms with Crippen molar-refractivity contribution in [2.24, 2.45) is 14.1 Å². The molecule has 0 bridgehead atoms. The fourth-order valence-electron chi connectivity index (χ4n) is 8.48. The summed E-state index contributed by atoms with van der Waals surface area (Å²) < 4.78 is 17.3. The molecule has 4 aromatic carbocycles. The summed E-state index contributed by atoms with van der Waals surface area (Å²) >= 11 is 0. The third-order valence-electron chi connectivity index (χ3n) is 12.2. The van der Waals surface area contributed by atoms with Gasteiger partial charge in [-0.1, -0.05) is 36.4 Å². The number of aromatic nitrogens is 2. The van der Waals surface area contributed by atoms with Gasteiger partial charge in [-0.3, -0.25) is 19.3 Å². The van der Waals surface area contributed by atoms with Crippen molar-refractivity contribution in [3.8, 4) is 23.1 Å². The minimum atomic E-state index is -0.354. The van der Waals surface area contributed by atoms with Gasteiger partial charge in [0.1, 0.15) is 23.3 Å². The Balaban J connectivity index is 1.22. The first-order chi connectivity index (χ1) is 28.3. The van der Waals surface area contributed by atoms with Crippen LogP contribution in [0.5, 0.6) is 5.75 Å². The van der Waals surface area contributed by atoms with Crippen LogP contribution in [0.25, 0.3) is 11.3 Å². The average Bonchev–Trinajstić information content (AvgIpc) is 3.70. The summed E-state index contributed by atoms with van der Waals surface area (Å²) in [4.78, 5) is 48.8. The van der Waals surface area contributed by atoms with Gasteiger partial charge >= 0.3 is 0 Å². The zero-order valence-corrected chi connectivity index (χ0v) is 33.8. The standard InChI is InChI=1S/C48H45FN6O4/c1-29-20-33-8-6-7-9-35(33)28-54(29)47(58)43-23-36-27-53(46(57)21-32-10-12-37(49)13-11-32)19-18-34(36)22-42(43)45-25-41(30(2)52(45)5)48(59)55(38-14-16-40(56)17-15-38)44-24-39(26-50)51(4)31(44)3/h6-17,22-25,29,56H,18-21,27-28H2,1-5H3/t29-/m1/s1. The lowest BCUT2D eigenvalue weighted by molar-refractivity contribution is -0.131. The second-order valence-corrected chi connectivity index (χ2v) is 15.7. The topological polar surface area (TPSA) is 115 Å². The molecule has 1 N–H and O–H groups in total. The minimum absolute atomic E-state index is 0.0540. The summed E-state index contributed by atoms with van der Waals surface area (Å²) in [5.74, 6) is -0.849. The lowest BCUT2D eigenvalue weighted by atomic mass is 9.89. The first-order valence-electron chi connectivity index (χ1n) is 19.7.